The number of fused-ring (bicyclic) bond motifs is 7. The van der Waals surface area contributed by atoms with Gasteiger partial charge in [-0.05, 0) is 79.1 Å². The zero-order valence-electron chi connectivity index (χ0n) is 23.8. The maximum atomic E-state index is 14.4. The van der Waals surface area contributed by atoms with Crippen LogP contribution in [0.15, 0.2) is 23.4 Å². The van der Waals surface area contributed by atoms with Crippen LogP contribution in [-0.4, -0.2) is 23.9 Å². The van der Waals surface area contributed by atoms with Gasteiger partial charge in [-0.1, -0.05) is 60.1 Å². The highest BCUT2D eigenvalue weighted by Gasteiger charge is 2.70. The van der Waals surface area contributed by atoms with Gasteiger partial charge in [-0.2, -0.15) is 0 Å². The third-order valence-corrected chi connectivity index (χ3v) is 12.6. The molecule has 0 saturated heterocycles. The number of nitrogens with two attached hydrogens (primary N) is 1. The van der Waals surface area contributed by atoms with Crippen molar-refractivity contribution in [3.05, 3.63) is 34.8 Å². The first-order valence-electron chi connectivity index (χ1n) is 14.2. The van der Waals surface area contributed by atoms with E-state index < -0.39 is 16.2 Å². The molecule has 37 heavy (non-hydrogen) atoms. The van der Waals surface area contributed by atoms with Gasteiger partial charge in [0.25, 0.3) is 0 Å². The first-order valence-corrected chi connectivity index (χ1v) is 14.2. The molecule has 7 atom stereocenters. The van der Waals surface area contributed by atoms with Crippen LogP contribution in [0.1, 0.15) is 93.4 Å². The average Bonchev–Trinajstić information content (AvgIpc) is 2.82. The summed E-state index contributed by atoms with van der Waals surface area (Å²) in [4.78, 5) is 44.7. The second-order valence-electron chi connectivity index (χ2n) is 15.0. The van der Waals surface area contributed by atoms with Crippen molar-refractivity contribution in [2.45, 2.75) is 93.4 Å². The van der Waals surface area contributed by atoms with Crippen LogP contribution in [0, 0.1) is 56.8 Å². The number of carbonyl (C=O) groups is 3. The van der Waals surface area contributed by atoms with Crippen LogP contribution < -0.4 is 5.73 Å². The highest BCUT2D eigenvalue weighted by Crippen LogP contribution is 2.74. The lowest BCUT2D eigenvalue weighted by Gasteiger charge is -2.69. The topological polar surface area (TPSA) is 81.6 Å². The fraction of sp³-hybridized carbons (Fsp3) is 0.750. The van der Waals surface area contributed by atoms with Gasteiger partial charge in [0.2, 0.25) is 5.70 Å². The van der Waals surface area contributed by atoms with E-state index in [9.17, 15) is 14.4 Å². The molecule has 3 fully saturated rings. The summed E-state index contributed by atoms with van der Waals surface area (Å²) in [6.07, 6.45) is 9.88. The lowest BCUT2D eigenvalue weighted by Crippen LogP contribution is -2.66. The van der Waals surface area contributed by atoms with Crippen LogP contribution in [0.3, 0.4) is 0 Å². The molecular formula is C32H44N2O3. The Hall–Kier alpha value is -2.06. The van der Waals surface area contributed by atoms with Crippen LogP contribution in [0.5, 0.6) is 0 Å². The number of nitrogens with zero attached hydrogens (tertiary/aromatic N) is 1. The third-order valence-electron chi connectivity index (χ3n) is 12.6. The molecule has 2 N–H and O–H groups in total. The van der Waals surface area contributed by atoms with Gasteiger partial charge in [-0.3, -0.25) is 9.59 Å². The van der Waals surface area contributed by atoms with Gasteiger partial charge in [-0.25, -0.2) is 4.85 Å². The van der Waals surface area contributed by atoms with E-state index in [-0.39, 0.29) is 63.6 Å². The molecule has 5 aliphatic carbocycles. The first-order chi connectivity index (χ1) is 17.0. The SMILES string of the molecule is [C-]#[N+]C1=C[C@]2(C)C3=CC(=O)[C@@H]4[C@@H]5CC(C)(C)CC[C@]5(C(=O)CN)CC[C@@]4(C)[C@]3(C)CC[C@H]2C(C)(C)C1=O. The fourth-order valence-electron chi connectivity index (χ4n) is 10.3. The molecule has 0 unspecified atom stereocenters. The molecule has 0 bridgehead atoms. The largest absolute Gasteiger partial charge is 0.324 e. The summed E-state index contributed by atoms with van der Waals surface area (Å²) >= 11 is 0. The molecule has 0 aromatic heterocycles. The second-order valence-corrected chi connectivity index (χ2v) is 15.0. The van der Waals surface area contributed by atoms with Crippen LogP contribution in [-0.2, 0) is 14.4 Å². The van der Waals surface area contributed by atoms with Gasteiger partial charge in [0.15, 0.2) is 17.3 Å². The molecule has 5 heteroatoms. The summed E-state index contributed by atoms with van der Waals surface area (Å²) in [5.74, 6) is 0.0229. The standard InChI is InChI=1S/C32H44N2O3/c1-27(2)11-13-32(24(36)18-33)14-12-31(7)25(19(32)16-27)21(35)15-23-29(5)17-20(34-8)26(37)28(3,4)22(29)9-10-30(23,31)6/h15,17,19,22,25H,9-14,16,18,33H2,1-7H3/t19-,22-,25-,29-,30+,31+,32-/m0/s1. The number of carbonyl (C=O) groups excluding carboxylic acids is 3. The van der Waals surface area contributed by atoms with Crippen molar-refractivity contribution in [3.8, 4) is 0 Å². The molecule has 200 valence electrons. The molecule has 0 heterocycles. The number of ketones is 3. The van der Waals surface area contributed by atoms with E-state index in [0.29, 0.717) is 0 Å². The van der Waals surface area contributed by atoms with Gasteiger partial charge in [0, 0.05) is 22.2 Å². The molecule has 0 amide bonds. The predicted molar refractivity (Wildman–Crippen MR) is 144 cm³/mol. The third kappa shape index (κ3) is 3.14. The quantitative estimate of drug-likeness (QED) is 0.462. The minimum atomic E-state index is -0.658. The lowest BCUT2D eigenvalue weighted by molar-refractivity contribution is -0.176. The normalized spacial score (nSPS) is 45.8. The Kier molecular flexibility index (Phi) is 5.56. The zero-order valence-corrected chi connectivity index (χ0v) is 23.8. The van der Waals surface area contributed by atoms with Crippen LogP contribution in [0.4, 0.5) is 0 Å². The van der Waals surface area contributed by atoms with Crippen LogP contribution >= 0.6 is 0 Å². The smallest absolute Gasteiger partial charge is 0.226 e. The second kappa shape index (κ2) is 7.75. The number of allylic oxidation sites excluding steroid dienone is 4. The van der Waals surface area contributed by atoms with E-state index in [2.05, 4.69) is 39.5 Å². The molecule has 0 aromatic carbocycles. The van der Waals surface area contributed by atoms with Crippen molar-refractivity contribution in [1.82, 2.24) is 0 Å². The van der Waals surface area contributed by atoms with Crippen molar-refractivity contribution in [2.24, 2.45) is 56.0 Å². The van der Waals surface area contributed by atoms with Crippen molar-refractivity contribution in [1.29, 1.82) is 0 Å². The number of rotatable bonds is 2. The Labute approximate surface area is 222 Å². The van der Waals surface area contributed by atoms with E-state index in [4.69, 9.17) is 12.3 Å². The van der Waals surface area contributed by atoms with E-state index >= 15 is 0 Å². The fourth-order valence-corrected chi connectivity index (χ4v) is 10.3. The van der Waals surface area contributed by atoms with Gasteiger partial charge in [-0.15, -0.1) is 0 Å². The first kappa shape index (κ1) is 26.5. The Morgan fingerprint density at radius 1 is 1.03 bits per heavy atom. The number of hydrogen-bond acceptors (Lipinski definition) is 4. The Morgan fingerprint density at radius 2 is 1.68 bits per heavy atom. The summed E-state index contributed by atoms with van der Waals surface area (Å²) in [5, 5.41) is 0. The maximum Gasteiger partial charge on any atom is 0.226 e. The van der Waals surface area contributed by atoms with Crippen LogP contribution in [0.2, 0.25) is 0 Å². The Balaban J connectivity index is 1.71. The molecule has 5 aliphatic rings. The highest BCUT2D eigenvalue weighted by atomic mass is 16.1. The minimum absolute atomic E-state index is 0.00239. The monoisotopic (exact) mass is 504 g/mol. The lowest BCUT2D eigenvalue weighted by atomic mass is 9.34. The molecule has 0 radical (unpaired) electrons. The summed E-state index contributed by atoms with van der Waals surface area (Å²) in [6, 6.07) is 0. The molecule has 3 saturated carbocycles. The van der Waals surface area contributed by atoms with Crippen molar-refractivity contribution in [2.75, 3.05) is 6.54 Å². The van der Waals surface area contributed by atoms with E-state index in [1.807, 2.05) is 26.0 Å². The average molecular weight is 505 g/mol. The highest BCUT2D eigenvalue weighted by molar-refractivity contribution is 6.03. The molecule has 5 nitrogen and oxygen atoms in total. The van der Waals surface area contributed by atoms with E-state index in [0.717, 1.165) is 50.5 Å². The summed E-state index contributed by atoms with van der Waals surface area (Å²) in [5.41, 5.74) is 5.15. The number of Topliss-reactive ketones (excluding diaryl/α,β-unsaturated/α-hetero) is 2. The van der Waals surface area contributed by atoms with Gasteiger partial charge < -0.3 is 10.5 Å². The van der Waals surface area contributed by atoms with Gasteiger partial charge in [0.05, 0.1) is 13.1 Å². The van der Waals surface area contributed by atoms with E-state index in [1.165, 1.54) is 0 Å². The summed E-state index contributed by atoms with van der Waals surface area (Å²) in [6.45, 7) is 23.1. The molecule has 0 spiro atoms. The summed E-state index contributed by atoms with van der Waals surface area (Å²) < 4.78 is 0. The minimum Gasteiger partial charge on any atom is -0.324 e. The van der Waals surface area contributed by atoms with Gasteiger partial charge >= 0.3 is 0 Å². The van der Waals surface area contributed by atoms with Crippen molar-refractivity contribution < 1.29 is 14.4 Å². The van der Waals surface area contributed by atoms with Gasteiger partial charge in [0.1, 0.15) is 0 Å². The molecule has 0 aromatic rings. The van der Waals surface area contributed by atoms with E-state index in [1.54, 1.807) is 0 Å². The molecule has 0 aliphatic heterocycles. The Bertz CT molecular complexity index is 1200. The number of hydrogen-bond donors (Lipinski definition) is 1. The van der Waals surface area contributed by atoms with Crippen molar-refractivity contribution >= 4 is 17.3 Å². The Morgan fingerprint density at radius 3 is 2.30 bits per heavy atom. The zero-order chi connectivity index (χ0) is 27.4. The maximum absolute atomic E-state index is 14.4. The predicted octanol–water partition coefficient (Wildman–Crippen LogP) is 6.09. The van der Waals surface area contributed by atoms with Crippen LogP contribution in [0.25, 0.3) is 4.85 Å². The molecular weight excluding hydrogens is 460 g/mol. The van der Waals surface area contributed by atoms with Crippen molar-refractivity contribution in [3.63, 3.8) is 0 Å². The molecule has 5 rings (SSSR count). The summed E-state index contributed by atoms with van der Waals surface area (Å²) in [7, 11) is 0.